The molecule has 0 aliphatic heterocycles. The highest BCUT2D eigenvalue weighted by atomic mass is 16.4. The van der Waals surface area contributed by atoms with Crippen molar-refractivity contribution in [3.63, 3.8) is 0 Å². The summed E-state index contributed by atoms with van der Waals surface area (Å²) in [6.07, 6.45) is 3.33. The van der Waals surface area contributed by atoms with Gasteiger partial charge < -0.3 is 10.0 Å². The molecule has 1 rings (SSSR count). The van der Waals surface area contributed by atoms with Crippen LogP contribution in [0.1, 0.15) is 19.4 Å². The van der Waals surface area contributed by atoms with Crippen LogP contribution in [0.5, 0.6) is 0 Å². The number of carboxylic acid groups (broad SMARTS) is 1. The maximum absolute atomic E-state index is 12.0. The molecule has 0 saturated heterocycles. The van der Waals surface area contributed by atoms with Crippen LogP contribution >= 0.6 is 0 Å². The van der Waals surface area contributed by atoms with Crippen molar-refractivity contribution in [1.82, 2.24) is 9.88 Å². The van der Waals surface area contributed by atoms with Gasteiger partial charge in [-0.05, 0) is 17.7 Å². The summed E-state index contributed by atoms with van der Waals surface area (Å²) < 4.78 is 0. The number of carbonyl (C=O) groups is 2. The zero-order chi connectivity index (χ0) is 13.7. The third-order valence-corrected chi connectivity index (χ3v) is 3.07. The molecular weight excluding hydrogens is 232 g/mol. The second-order valence-electron chi connectivity index (χ2n) is 4.47. The van der Waals surface area contributed by atoms with Crippen molar-refractivity contribution in [3.05, 3.63) is 30.1 Å². The first-order chi connectivity index (χ1) is 8.43. The Hall–Kier alpha value is -1.91. The average molecular weight is 250 g/mol. The fourth-order valence-corrected chi connectivity index (χ4v) is 1.62. The summed E-state index contributed by atoms with van der Waals surface area (Å²) in [7, 11) is 1.67. The largest absolute Gasteiger partial charge is 0.481 e. The van der Waals surface area contributed by atoms with Gasteiger partial charge in [0.25, 0.3) is 0 Å². The Morgan fingerprint density at radius 2 is 1.83 bits per heavy atom. The van der Waals surface area contributed by atoms with E-state index < -0.39 is 17.8 Å². The third kappa shape index (κ3) is 3.55. The first kappa shape index (κ1) is 14.2. The Morgan fingerprint density at radius 3 is 2.33 bits per heavy atom. The predicted molar refractivity (Wildman–Crippen MR) is 66.7 cm³/mol. The maximum atomic E-state index is 12.0. The van der Waals surface area contributed by atoms with E-state index >= 15 is 0 Å². The molecule has 0 spiro atoms. The van der Waals surface area contributed by atoms with Gasteiger partial charge in [-0.15, -0.1) is 0 Å². The van der Waals surface area contributed by atoms with E-state index in [0.717, 1.165) is 5.56 Å². The number of carbonyl (C=O) groups excluding carboxylic acids is 1. The Bertz CT molecular complexity index is 420. The minimum Gasteiger partial charge on any atom is -0.481 e. The molecule has 18 heavy (non-hydrogen) atoms. The summed E-state index contributed by atoms with van der Waals surface area (Å²) in [6, 6.07) is 3.66. The van der Waals surface area contributed by atoms with Gasteiger partial charge in [0.15, 0.2) is 0 Å². The van der Waals surface area contributed by atoms with Crippen LogP contribution in [0.4, 0.5) is 0 Å². The smallest absolute Gasteiger partial charge is 0.307 e. The average Bonchev–Trinajstić information content (AvgIpc) is 2.37. The molecule has 0 radical (unpaired) electrons. The van der Waals surface area contributed by atoms with Crippen LogP contribution in [-0.2, 0) is 16.1 Å². The summed E-state index contributed by atoms with van der Waals surface area (Å²) in [5.41, 5.74) is 0.969. The molecule has 5 nitrogen and oxygen atoms in total. The van der Waals surface area contributed by atoms with Crippen molar-refractivity contribution in [2.45, 2.75) is 20.4 Å². The van der Waals surface area contributed by atoms with Gasteiger partial charge in [0.05, 0.1) is 5.92 Å². The third-order valence-electron chi connectivity index (χ3n) is 3.07. The molecule has 1 aromatic rings. The number of hydrogen-bond acceptors (Lipinski definition) is 3. The van der Waals surface area contributed by atoms with Crippen molar-refractivity contribution in [2.24, 2.45) is 11.8 Å². The number of pyridine rings is 1. The quantitative estimate of drug-likeness (QED) is 0.857. The van der Waals surface area contributed by atoms with Crippen molar-refractivity contribution >= 4 is 11.9 Å². The lowest BCUT2D eigenvalue weighted by molar-refractivity contribution is -0.148. The number of rotatable bonds is 5. The van der Waals surface area contributed by atoms with Gasteiger partial charge in [-0.1, -0.05) is 13.8 Å². The molecule has 5 heteroatoms. The monoisotopic (exact) mass is 250 g/mol. The molecule has 2 unspecified atom stereocenters. The number of aromatic nitrogens is 1. The minimum atomic E-state index is -0.951. The lowest BCUT2D eigenvalue weighted by Crippen LogP contribution is -2.36. The molecule has 0 saturated carbocycles. The van der Waals surface area contributed by atoms with Gasteiger partial charge in [-0.3, -0.25) is 14.6 Å². The molecule has 0 aromatic carbocycles. The highest BCUT2D eigenvalue weighted by Gasteiger charge is 2.27. The van der Waals surface area contributed by atoms with Crippen LogP contribution in [0.25, 0.3) is 0 Å². The van der Waals surface area contributed by atoms with Gasteiger partial charge in [-0.2, -0.15) is 0 Å². The van der Waals surface area contributed by atoms with E-state index in [1.807, 2.05) is 12.1 Å². The standard InChI is InChI=1S/C13H18N2O3/c1-9(10(2)13(17)18)12(16)15(3)8-11-4-6-14-7-5-11/h4-7,9-10H,8H2,1-3H3,(H,17,18). The lowest BCUT2D eigenvalue weighted by atomic mass is 9.95. The van der Waals surface area contributed by atoms with Crippen LogP contribution in [0.2, 0.25) is 0 Å². The van der Waals surface area contributed by atoms with Crippen molar-refractivity contribution in [3.8, 4) is 0 Å². The number of hydrogen-bond donors (Lipinski definition) is 1. The highest BCUT2D eigenvalue weighted by Crippen LogP contribution is 2.15. The normalized spacial score (nSPS) is 13.7. The van der Waals surface area contributed by atoms with E-state index in [-0.39, 0.29) is 5.91 Å². The first-order valence-corrected chi connectivity index (χ1v) is 5.80. The van der Waals surface area contributed by atoms with E-state index in [1.165, 1.54) is 0 Å². The van der Waals surface area contributed by atoms with Crippen molar-refractivity contribution in [1.29, 1.82) is 0 Å². The zero-order valence-corrected chi connectivity index (χ0v) is 10.8. The number of nitrogens with zero attached hydrogens (tertiary/aromatic N) is 2. The summed E-state index contributed by atoms with van der Waals surface area (Å²) in [6.45, 7) is 3.65. The molecule has 1 aromatic heterocycles. The van der Waals surface area contributed by atoms with E-state index in [4.69, 9.17) is 5.11 Å². The van der Waals surface area contributed by atoms with Crippen LogP contribution in [0.3, 0.4) is 0 Å². The predicted octanol–water partition coefficient (Wildman–Crippen LogP) is 1.40. The Labute approximate surface area is 106 Å². The molecule has 2 atom stereocenters. The molecule has 98 valence electrons. The summed E-state index contributed by atoms with van der Waals surface area (Å²) >= 11 is 0. The molecule has 0 aliphatic rings. The molecule has 1 N–H and O–H groups in total. The highest BCUT2D eigenvalue weighted by molar-refractivity contribution is 5.84. The second-order valence-corrected chi connectivity index (χ2v) is 4.47. The van der Waals surface area contributed by atoms with E-state index in [9.17, 15) is 9.59 Å². The Balaban J connectivity index is 2.64. The molecular formula is C13H18N2O3. The van der Waals surface area contributed by atoms with Gasteiger partial charge >= 0.3 is 5.97 Å². The lowest BCUT2D eigenvalue weighted by Gasteiger charge is -2.23. The van der Waals surface area contributed by atoms with E-state index in [0.29, 0.717) is 6.54 Å². The summed E-state index contributed by atoms with van der Waals surface area (Å²) in [5, 5.41) is 8.89. The fourth-order valence-electron chi connectivity index (χ4n) is 1.62. The van der Waals surface area contributed by atoms with Crippen molar-refractivity contribution in [2.75, 3.05) is 7.05 Å². The van der Waals surface area contributed by atoms with Crippen LogP contribution in [0, 0.1) is 11.8 Å². The topological polar surface area (TPSA) is 70.5 Å². The van der Waals surface area contributed by atoms with E-state index in [1.54, 1.807) is 38.2 Å². The van der Waals surface area contributed by atoms with Crippen LogP contribution < -0.4 is 0 Å². The molecule has 0 aliphatic carbocycles. The molecule has 1 amide bonds. The second kappa shape index (κ2) is 6.14. The van der Waals surface area contributed by atoms with Crippen molar-refractivity contribution < 1.29 is 14.7 Å². The number of amides is 1. The summed E-state index contributed by atoms with van der Waals surface area (Å²) in [4.78, 5) is 28.3. The Morgan fingerprint density at radius 1 is 1.28 bits per heavy atom. The van der Waals surface area contributed by atoms with Crippen LogP contribution in [-0.4, -0.2) is 33.9 Å². The van der Waals surface area contributed by atoms with Gasteiger partial charge in [0.1, 0.15) is 0 Å². The fraction of sp³-hybridized carbons (Fsp3) is 0.462. The molecule has 0 bridgehead atoms. The first-order valence-electron chi connectivity index (χ1n) is 5.80. The van der Waals surface area contributed by atoms with Crippen LogP contribution in [0.15, 0.2) is 24.5 Å². The number of carboxylic acids is 1. The number of aliphatic carboxylic acids is 1. The Kier molecular flexibility index (Phi) is 4.83. The van der Waals surface area contributed by atoms with Gasteiger partial charge in [0, 0.05) is 31.9 Å². The molecule has 0 fully saturated rings. The van der Waals surface area contributed by atoms with Gasteiger partial charge in [0.2, 0.25) is 5.91 Å². The minimum absolute atomic E-state index is 0.165. The van der Waals surface area contributed by atoms with Gasteiger partial charge in [-0.25, -0.2) is 0 Å². The zero-order valence-electron chi connectivity index (χ0n) is 10.8. The van der Waals surface area contributed by atoms with E-state index in [2.05, 4.69) is 4.98 Å². The maximum Gasteiger partial charge on any atom is 0.307 e. The molecule has 1 heterocycles. The SMILES string of the molecule is CC(C(=O)O)C(C)C(=O)N(C)Cc1ccncc1. The summed E-state index contributed by atoms with van der Waals surface area (Å²) in [5.74, 6) is -2.33.